The Kier molecular flexibility index (Phi) is 7.25. The Morgan fingerprint density at radius 3 is 2.68 bits per heavy atom. The Morgan fingerprint density at radius 1 is 1.21 bits per heavy atom. The normalized spacial score (nSPS) is 16.2. The average molecular weight is 387 g/mol. The molecule has 3 N–H and O–H groups in total. The first-order valence-electron chi connectivity index (χ1n) is 9.97. The molecule has 152 valence electrons. The van der Waals surface area contributed by atoms with Gasteiger partial charge in [0, 0.05) is 45.0 Å². The maximum atomic E-state index is 8.36. The molecule has 2 heterocycles. The summed E-state index contributed by atoms with van der Waals surface area (Å²) in [7, 11) is 1.90. The lowest BCUT2D eigenvalue weighted by atomic mass is 10.0. The average Bonchev–Trinajstić information content (AvgIpc) is 3.34. The van der Waals surface area contributed by atoms with Crippen LogP contribution in [-0.4, -0.2) is 58.6 Å². The molecule has 0 spiro atoms. The summed E-state index contributed by atoms with van der Waals surface area (Å²) in [4.78, 5) is 15.1. The summed E-state index contributed by atoms with van der Waals surface area (Å²) in [5, 5.41) is 17.9. The second kappa shape index (κ2) is 10.1. The largest absolute Gasteiger partial charge is 0.483 e. The summed E-state index contributed by atoms with van der Waals surface area (Å²) < 4.78 is 1.76. The van der Waals surface area contributed by atoms with Gasteiger partial charge in [-0.1, -0.05) is 6.07 Å². The lowest BCUT2D eigenvalue weighted by Crippen LogP contribution is -2.43. The number of nitrogens with zero attached hydrogens (tertiary/aromatic N) is 4. The quantitative estimate of drug-likeness (QED) is 0.513. The van der Waals surface area contributed by atoms with E-state index in [9.17, 15) is 0 Å². The fourth-order valence-corrected chi connectivity index (χ4v) is 4.00. The second-order valence-electron chi connectivity index (χ2n) is 7.26. The molecule has 1 aromatic heterocycles. The highest BCUT2D eigenvalue weighted by Crippen LogP contribution is 2.28. The number of piperidine rings is 1. The summed E-state index contributed by atoms with van der Waals surface area (Å²) in [6, 6.07) is 7.72. The number of carboxylic acid groups (broad SMARTS) is 1. The van der Waals surface area contributed by atoms with Crippen LogP contribution < -0.4 is 15.5 Å². The van der Waals surface area contributed by atoms with Crippen molar-refractivity contribution in [2.24, 2.45) is 7.05 Å². The van der Waals surface area contributed by atoms with Crippen molar-refractivity contribution in [1.82, 2.24) is 20.1 Å². The fraction of sp³-hybridized carbons (Fsp3) is 0.550. The van der Waals surface area contributed by atoms with E-state index in [4.69, 9.17) is 9.90 Å². The summed E-state index contributed by atoms with van der Waals surface area (Å²) in [6.07, 6.45) is 7.85. The number of rotatable bonds is 6. The van der Waals surface area contributed by atoms with Crippen molar-refractivity contribution in [3.8, 4) is 0 Å². The predicted octanol–water partition coefficient (Wildman–Crippen LogP) is 1.68. The number of benzene rings is 1. The molecule has 1 saturated heterocycles. The molecule has 2 aliphatic rings. The van der Waals surface area contributed by atoms with Crippen molar-refractivity contribution in [3.63, 3.8) is 0 Å². The molecule has 0 atom stereocenters. The minimum Gasteiger partial charge on any atom is -0.483 e. The van der Waals surface area contributed by atoms with E-state index in [2.05, 4.69) is 43.8 Å². The summed E-state index contributed by atoms with van der Waals surface area (Å²) in [5.41, 5.74) is 4.56. The number of carbonyl (C=O) groups is 1. The third kappa shape index (κ3) is 5.22. The van der Waals surface area contributed by atoms with Gasteiger partial charge in [0.2, 0.25) is 5.95 Å². The minimum atomic E-state index is -0.250. The highest BCUT2D eigenvalue weighted by molar-refractivity contribution is 5.52. The van der Waals surface area contributed by atoms with Gasteiger partial charge in [-0.15, -0.1) is 0 Å². The molecule has 8 nitrogen and oxygen atoms in total. The first kappa shape index (κ1) is 20.1. The van der Waals surface area contributed by atoms with Crippen LogP contribution in [0.25, 0.3) is 0 Å². The van der Waals surface area contributed by atoms with Crippen molar-refractivity contribution in [3.05, 3.63) is 35.7 Å². The van der Waals surface area contributed by atoms with Crippen LogP contribution in [0.5, 0.6) is 0 Å². The van der Waals surface area contributed by atoms with Gasteiger partial charge in [0.1, 0.15) is 6.33 Å². The van der Waals surface area contributed by atoms with Gasteiger partial charge >= 0.3 is 0 Å². The van der Waals surface area contributed by atoms with Gasteiger partial charge in [-0.05, 0) is 55.4 Å². The highest BCUT2D eigenvalue weighted by Gasteiger charge is 2.20. The molecular formula is C20H30N6O2. The van der Waals surface area contributed by atoms with Crippen molar-refractivity contribution in [2.75, 3.05) is 36.4 Å². The van der Waals surface area contributed by atoms with Gasteiger partial charge in [0.15, 0.2) is 0 Å². The Balaban J connectivity index is 0.000000706. The van der Waals surface area contributed by atoms with Gasteiger partial charge in [-0.3, -0.25) is 4.79 Å². The van der Waals surface area contributed by atoms with Gasteiger partial charge in [-0.25, -0.2) is 4.68 Å². The van der Waals surface area contributed by atoms with E-state index < -0.39 is 0 Å². The zero-order valence-corrected chi connectivity index (χ0v) is 16.5. The second-order valence-corrected chi connectivity index (χ2v) is 7.26. The molecule has 0 amide bonds. The Bertz CT molecular complexity index is 755. The lowest BCUT2D eigenvalue weighted by molar-refractivity contribution is -0.122. The summed E-state index contributed by atoms with van der Waals surface area (Å²) >= 11 is 0. The number of hydrogen-bond donors (Lipinski definition) is 3. The molecule has 4 rings (SSSR count). The zero-order chi connectivity index (χ0) is 19.8. The highest BCUT2D eigenvalue weighted by atomic mass is 16.3. The van der Waals surface area contributed by atoms with Crippen LogP contribution in [0.3, 0.4) is 0 Å². The number of aromatic nitrogens is 3. The molecule has 1 fully saturated rings. The van der Waals surface area contributed by atoms with Gasteiger partial charge in [0.05, 0.1) is 0 Å². The molecule has 1 aliphatic heterocycles. The SMILES string of the molecule is Cn1ncnc1NCCNC1CCN(c2ccc3c(c2)CCC3)CC1.O=CO. The van der Waals surface area contributed by atoms with Gasteiger partial charge in [-0.2, -0.15) is 10.1 Å². The molecule has 1 aliphatic carbocycles. The van der Waals surface area contributed by atoms with E-state index in [1.54, 1.807) is 22.1 Å². The van der Waals surface area contributed by atoms with E-state index >= 15 is 0 Å². The van der Waals surface area contributed by atoms with E-state index in [-0.39, 0.29) is 6.47 Å². The van der Waals surface area contributed by atoms with Crippen LogP contribution in [0.15, 0.2) is 24.5 Å². The first-order valence-corrected chi connectivity index (χ1v) is 9.97. The van der Waals surface area contributed by atoms with Gasteiger partial charge < -0.3 is 20.6 Å². The lowest BCUT2D eigenvalue weighted by Gasteiger charge is -2.34. The molecule has 8 heteroatoms. The number of anilines is 2. The van der Waals surface area contributed by atoms with Crippen LogP contribution in [0.2, 0.25) is 0 Å². The predicted molar refractivity (Wildman–Crippen MR) is 110 cm³/mol. The molecule has 2 aromatic rings. The molecule has 0 saturated carbocycles. The Morgan fingerprint density at radius 2 is 1.96 bits per heavy atom. The van der Waals surface area contributed by atoms with E-state index in [1.165, 1.54) is 37.8 Å². The third-order valence-corrected chi connectivity index (χ3v) is 5.49. The van der Waals surface area contributed by atoms with Crippen LogP contribution in [0, 0.1) is 0 Å². The number of aryl methyl sites for hydroxylation is 3. The van der Waals surface area contributed by atoms with Crippen molar-refractivity contribution in [2.45, 2.75) is 38.1 Å². The van der Waals surface area contributed by atoms with Crippen molar-refractivity contribution in [1.29, 1.82) is 0 Å². The van der Waals surface area contributed by atoms with Crippen molar-refractivity contribution < 1.29 is 9.90 Å². The molecule has 1 aromatic carbocycles. The Hall–Kier alpha value is -2.61. The summed E-state index contributed by atoms with van der Waals surface area (Å²) in [6.45, 7) is 3.87. The van der Waals surface area contributed by atoms with Crippen LogP contribution in [0.4, 0.5) is 11.6 Å². The Labute approximate surface area is 166 Å². The minimum absolute atomic E-state index is 0.250. The number of fused-ring (bicyclic) bond motifs is 1. The maximum absolute atomic E-state index is 8.36. The maximum Gasteiger partial charge on any atom is 0.290 e. The van der Waals surface area contributed by atoms with Crippen LogP contribution >= 0.6 is 0 Å². The molecule has 0 bridgehead atoms. The molecule has 0 radical (unpaired) electrons. The topological polar surface area (TPSA) is 95.3 Å². The molecule has 0 unspecified atom stereocenters. The molecular weight excluding hydrogens is 356 g/mol. The standard InChI is InChI=1S/C19H28N6.CH2O2/c1-24-19(22-14-23-24)21-10-9-20-17-7-11-25(12-8-17)18-6-5-15-3-2-4-16(15)13-18;2-1-3/h5-6,13-14,17,20H,2-4,7-12H2,1H3,(H,21,22,23);1H,(H,2,3). The van der Waals surface area contributed by atoms with E-state index in [1.807, 2.05) is 7.05 Å². The van der Waals surface area contributed by atoms with Gasteiger partial charge in [0.25, 0.3) is 6.47 Å². The molecule has 28 heavy (non-hydrogen) atoms. The number of hydrogen-bond acceptors (Lipinski definition) is 6. The monoisotopic (exact) mass is 386 g/mol. The van der Waals surface area contributed by atoms with Crippen molar-refractivity contribution >= 4 is 18.1 Å². The van der Waals surface area contributed by atoms with E-state index in [0.717, 1.165) is 32.1 Å². The van der Waals surface area contributed by atoms with E-state index in [0.29, 0.717) is 6.04 Å². The van der Waals surface area contributed by atoms with Crippen LogP contribution in [0.1, 0.15) is 30.4 Å². The fourth-order valence-electron chi connectivity index (χ4n) is 4.00. The third-order valence-electron chi connectivity index (χ3n) is 5.49. The zero-order valence-electron chi connectivity index (χ0n) is 16.5. The smallest absolute Gasteiger partial charge is 0.290 e. The first-order chi connectivity index (χ1) is 13.7. The summed E-state index contributed by atoms with van der Waals surface area (Å²) in [5.74, 6) is 0.827. The number of nitrogens with one attached hydrogen (secondary N) is 2. The van der Waals surface area contributed by atoms with Crippen LogP contribution in [-0.2, 0) is 24.7 Å².